The highest BCUT2D eigenvalue weighted by atomic mass is 35.5. The van der Waals surface area contributed by atoms with Crippen LogP contribution >= 0.6 is 23.2 Å². The lowest BCUT2D eigenvalue weighted by Gasteiger charge is -2.32. The van der Waals surface area contributed by atoms with Gasteiger partial charge in [-0.15, -0.1) is 5.10 Å². The van der Waals surface area contributed by atoms with Crippen molar-refractivity contribution in [3.05, 3.63) is 69.3 Å². The summed E-state index contributed by atoms with van der Waals surface area (Å²) in [5, 5.41) is 9.02. The molecule has 1 aliphatic heterocycles. The molecule has 0 amide bonds. The Morgan fingerprint density at radius 2 is 1.87 bits per heavy atom. The molecular weight excluding hydrogens is 433 g/mol. The summed E-state index contributed by atoms with van der Waals surface area (Å²) in [5.41, 5.74) is 4.33. The Morgan fingerprint density at radius 1 is 1.10 bits per heavy atom. The standard InChI is InChI=1S/C23H21Cl2N5O/c1-29(2)14-11-9-13(10-12-14)22-27-23-26-17-7-4-8-18(31)19(17)21(30(23)28-22)15-5-3-6-16(24)20(15)25/h3,5-6,9-12,21H,4,7-8H2,1-2H3,(H,26,27,28). The fourth-order valence-corrected chi connectivity index (χ4v) is 4.62. The number of aromatic nitrogens is 3. The highest BCUT2D eigenvalue weighted by Crippen LogP contribution is 2.43. The number of allylic oxidation sites excluding steroid dienone is 2. The number of hydrogen-bond donors (Lipinski definition) is 1. The van der Waals surface area contributed by atoms with Crippen molar-refractivity contribution in [3.8, 4) is 11.4 Å². The number of nitrogens with zero attached hydrogens (tertiary/aromatic N) is 4. The van der Waals surface area contributed by atoms with Crippen molar-refractivity contribution in [1.82, 2.24) is 14.8 Å². The van der Waals surface area contributed by atoms with Crippen molar-refractivity contribution in [2.45, 2.75) is 25.3 Å². The van der Waals surface area contributed by atoms with Gasteiger partial charge in [0.1, 0.15) is 6.04 Å². The molecule has 8 heteroatoms. The zero-order valence-corrected chi connectivity index (χ0v) is 18.7. The smallest absolute Gasteiger partial charge is 0.226 e. The molecule has 1 aliphatic carbocycles. The SMILES string of the molecule is CN(C)c1ccc(-c2nc3n(n2)C(c2cccc(Cl)c2Cl)C2=C(CCCC2=O)N3)cc1. The fourth-order valence-electron chi connectivity index (χ4n) is 4.21. The number of Topliss-reactive ketones (excluding diaryl/α,β-unsaturated/α-hetero) is 1. The van der Waals surface area contributed by atoms with Gasteiger partial charge in [0.2, 0.25) is 5.95 Å². The zero-order valence-electron chi connectivity index (χ0n) is 17.2. The second-order valence-electron chi connectivity index (χ2n) is 7.98. The quantitative estimate of drug-likeness (QED) is 0.579. The van der Waals surface area contributed by atoms with Crippen LogP contribution in [0, 0.1) is 0 Å². The Kier molecular flexibility index (Phi) is 4.99. The summed E-state index contributed by atoms with van der Waals surface area (Å²) < 4.78 is 1.76. The van der Waals surface area contributed by atoms with E-state index in [0.717, 1.165) is 35.4 Å². The van der Waals surface area contributed by atoms with E-state index in [-0.39, 0.29) is 5.78 Å². The largest absolute Gasteiger partial charge is 0.378 e. The van der Waals surface area contributed by atoms with Gasteiger partial charge in [-0.3, -0.25) is 4.79 Å². The van der Waals surface area contributed by atoms with Crippen LogP contribution in [0.4, 0.5) is 11.6 Å². The molecule has 31 heavy (non-hydrogen) atoms. The van der Waals surface area contributed by atoms with Gasteiger partial charge in [0.05, 0.1) is 10.0 Å². The van der Waals surface area contributed by atoms with Gasteiger partial charge < -0.3 is 10.2 Å². The minimum atomic E-state index is -0.465. The zero-order chi connectivity index (χ0) is 21.7. The molecule has 158 valence electrons. The Hall–Kier alpha value is -2.83. The third-order valence-corrected chi connectivity index (χ3v) is 6.62. The van der Waals surface area contributed by atoms with Gasteiger partial charge in [0.15, 0.2) is 11.6 Å². The average Bonchev–Trinajstić information content (AvgIpc) is 3.18. The first kappa shape index (κ1) is 20.1. The Morgan fingerprint density at radius 3 is 2.61 bits per heavy atom. The third-order valence-electron chi connectivity index (χ3n) is 5.79. The number of anilines is 2. The maximum absolute atomic E-state index is 13.0. The van der Waals surface area contributed by atoms with E-state index in [1.807, 2.05) is 55.4 Å². The number of benzene rings is 2. The molecule has 2 aliphatic rings. The van der Waals surface area contributed by atoms with Crippen molar-refractivity contribution in [3.63, 3.8) is 0 Å². The number of carbonyl (C=O) groups excluding carboxylic acids is 1. The van der Waals surface area contributed by atoms with E-state index >= 15 is 0 Å². The van der Waals surface area contributed by atoms with Crippen LogP contribution in [0.1, 0.15) is 30.9 Å². The van der Waals surface area contributed by atoms with Crippen molar-refractivity contribution < 1.29 is 4.79 Å². The Bertz CT molecular complexity index is 1210. The molecule has 0 saturated heterocycles. The van der Waals surface area contributed by atoms with Crippen LogP contribution in [0.5, 0.6) is 0 Å². The van der Waals surface area contributed by atoms with Crippen molar-refractivity contribution >= 4 is 40.6 Å². The first-order chi connectivity index (χ1) is 14.9. The third kappa shape index (κ3) is 3.40. The van der Waals surface area contributed by atoms with Gasteiger partial charge in [-0.2, -0.15) is 4.98 Å². The van der Waals surface area contributed by atoms with Crippen molar-refractivity contribution in [2.75, 3.05) is 24.3 Å². The minimum absolute atomic E-state index is 0.104. The molecule has 1 atom stereocenters. The van der Waals surface area contributed by atoms with E-state index in [0.29, 0.717) is 33.8 Å². The van der Waals surface area contributed by atoms with E-state index in [9.17, 15) is 4.79 Å². The highest BCUT2D eigenvalue weighted by molar-refractivity contribution is 6.42. The summed E-state index contributed by atoms with van der Waals surface area (Å²) in [6, 6.07) is 13.1. The molecule has 6 nitrogen and oxygen atoms in total. The van der Waals surface area contributed by atoms with Gasteiger partial charge >= 0.3 is 0 Å². The number of nitrogens with one attached hydrogen (secondary N) is 1. The Labute approximate surface area is 190 Å². The first-order valence-electron chi connectivity index (χ1n) is 10.2. The van der Waals surface area contributed by atoms with Crippen LogP contribution in [0.15, 0.2) is 53.7 Å². The summed E-state index contributed by atoms with van der Waals surface area (Å²) >= 11 is 12.9. The monoisotopic (exact) mass is 453 g/mol. The molecule has 0 saturated carbocycles. The van der Waals surface area contributed by atoms with Crippen LogP contribution in [-0.2, 0) is 4.79 Å². The van der Waals surface area contributed by atoms with Gasteiger partial charge in [0, 0.05) is 48.6 Å². The molecule has 0 fully saturated rings. The predicted octanol–water partition coefficient (Wildman–Crippen LogP) is 5.34. The molecule has 2 aromatic carbocycles. The van der Waals surface area contributed by atoms with Gasteiger partial charge in [0.25, 0.3) is 0 Å². The van der Waals surface area contributed by atoms with E-state index in [4.69, 9.17) is 33.3 Å². The van der Waals surface area contributed by atoms with Gasteiger partial charge in [-0.25, -0.2) is 4.68 Å². The van der Waals surface area contributed by atoms with E-state index in [2.05, 4.69) is 5.32 Å². The minimum Gasteiger partial charge on any atom is -0.378 e. The molecule has 1 unspecified atom stereocenters. The summed E-state index contributed by atoms with van der Waals surface area (Å²) in [7, 11) is 4.00. The van der Waals surface area contributed by atoms with Crippen LogP contribution in [0.2, 0.25) is 10.0 Å². The number of ketones is 1. The maximum Gasteiger partial charge on any atom is 0.226 e. The lowest BCUT2D eigenvalue weighted by Crippen LogP contribution is -2.31. The summed E-state index contributed by atoms with van der Waals surface area (Å²) in [6.07, 6.45) is 2.11. The number of hydrogen-bond acceptors (Lipinski definition) is 5. The molecular formula is C23H21Cl2N5O. The van der Waals surface area contributed by atoms with Gasteiger partial charge in [-0.05, 0) is 43.2 Å². The second-order valence-corrected chi connectivity index (χ2v) is 8.77. The number of halogens is 2. The lowest BCUT2D eigenvalue weighted by molar-refractivity contribution is -0.116. The molecule has 5 rings (SSSR count). The summed E-state index contributed by atoms with van der Waals surface area (Å²) in [4.78, 5) is 19.7. The average molecular weight is 454 g/mol. The first-order valence-corrected chi connectivity index (χ1v) is 10.9. The normalized spacial score (nSPS) is 17.8. The van der Waals surface area contributed by atoms with Crippen LogP contribution < -0.4 is 10.2 Å². The second kappa shape index (κ2) is 7.70. The number of rotatable bonds is 3. The molecule has 0 spiro atoms. The van der Waals surface area contributed by atoms with Crippen molar-refractivity contribution in [2.24, 2.45) is 0 Å². The topological polar surface area (TPSA) is 63.1 Å². The molecule has 1 N–H and O–H groups in total. The molecule has 3 aromatic rings. The Balaban J connectivity index is 1.65. The van der Waals surface area contributed by atoms with E-state index in [1.54, 1.807) is 10.7 Å². The van der Waals surface area contributed by atoms with E-state index < -0.39 is 6.04 Å². The van der Waals surface area contributed by atoms with Crippen LogP contribution in [0.3, 0.4) is 0 Å². The molecule has 0 radical (unpaired) electrons. The van der Waals surface area contributed by atoms with Crippen LogP contribution in [0.25, 0.3) is 11.4 Å². The number of carbonyl (C=O) groups is 1. The molecule has 1 aromatic heterocycles. The molecule has 2 heterocycles. The molecule has 0 bridgehead atoms. The maximum atomic E-state index is 13.0. The number of fused-ring (bicyclic) bond motifs is 1. The fraction of sp³-hybridized carbons (Fsp3) is 0.261. The lowest BCUT2D eigenvalue weighted by atomic mass is 9.85. The highest BCUT2D eigenvalue weighted by Gasteiger charge is 2.38. The van der Waals surface area contributed by atoms with E-state index in [1.165, 1.54) is 0 Å². The van der Waals surface area contributed by atoms with Crippen LogP contribution in [-0.4, -0.2) is 34.6 Å². The van der Waals surface area contributed by atoms with Gasteiger partial charge in [-0.1, -0.05) is 35.3 Å². The summed E-state index contributed by atoms with van der Waals surface area (Å²) in [5.74, 6) is 1.29. The van der Waals surface area contributed by atoms with Crippen molar-refractivity contribution in [1.29, 1.82) is 0 Å². The predicted molar refractivity (Wildman–Crippen MR) is 124 cm³/mol. The summed E-state index contributed by atoms with van der Waals surface area (Å²) in [6.45, 7) is 0.